The molecule has 2 aliphatic heterocycles. The Morgan fingerprint density at radius 2 is 1.72 bits per heavy atom. The molecule has 0 spiro atoms. The zero-order valence-electron chi connectivity index (χ0n) is 11.0. The van der Waals surface area contributed by atoms with Crippen molar-refractivity contribution in [2.24, 2.45) is 11.8 Å². The minimum absolute atomic E-state index is 0.194. The minimum Gasteiger partial charge on any atom is -0.381 e. The predicted molar refractivity (Wildman–Crippen MR) is 69.6 cm³/mol. The molecular weight excluding hydrogens is 226 g/mol. The van der Waals surface area contributed by atoms with Crippen LogP contribution in [0.2, 0.25) is 0 Å². The first-order chi connectivity index (χ1) is 8.66. The third kappa shape index (κ3) is 1.83. The molecule has 0 N–H and O–H groups in total. The van der Waals surface area contributed by atoms with Gasteiger partial charge in [-0.2, -0.15) is 0 Å². The lowest BCUT2D eigenvalue weighted by molar-refractivity contribution is 0.0750. The lowest BCUT2D eigenvalue weighted by Gasteiger charge is -2.20. The van der Waals surface area contributed by atoms with Crippen LogP contribution in [0.3, 0.4) is 0 Å². The molecule has 18 heavy (non-hydrogen) atoms. The topological polar surface area (TPSA) is 29.5 Å². The molecule has 2 fully saturated rings. The van der Waals surface area contributed by atoms with E-state index in [0.717, 1.165) is 43.0 Å². The SMILES string of the molecule is Cc1cccc(C)c1C(=O)N1C[C@H]2COC[C@H]2C1. The summed E-state index contributed by atoms with van der Waals surface area (Å²) in [6, 6.07) is 6.04. The number of carbonyl (C=O) groups excluding carboxylic acids is 1. The van der Waals surface area contributed by atoms with Crippen LogP contribution in [0.5, 0.6) is 0 Å². The van der Waals surface area contributed by atoms with Crippen LogP contribution >= 0.6 is 0 Å². The maximum Gasteiger partial charge on any atom is 0.254 e. The monoisotopic (exact) mass is 245 g/mol. The van der Waals surface area contributed by atoms with Crippen LogP contribution in [-0.4, -0.2) is 37.1 Å². The Morgan fingerprint density at radius 1 is 1.17 bits per heavy atom. The van der Waals surface area contributed by atoms with Crippen LogP contribution in [0, 0.1) is 25.7 Å². The van der Waals surface area contributed by atoms with Crippen LogP contribution in [0.1, 0.15) is 21.5 Å². The van der Waals surface area contributed by atoms with E-state index < -0.39 is 0 Å². The number of aryl methyl sites for hydroxylation is 2. The van der Waals surface area contributed by atoms with Gasteiger partial charge in [0, 0.05) is 30.5 Å². The van der Waals surface area contributed by atoms with Gasteiger partial charge in [-0.15, -0.1) is 0 Å². The normalized spacial score (nSPS) is 26.4. The molecule has 0 aromatic heterocycles. The predicted octanol–water partition coefficient (Wildman–Crippen LogP) is 2.02. The lowest BCUT2D eigenvalue weighted by atomic mass is 10.0. The highest BCUT2D eigenvalue weighted by molar-refractivity contribution is 5.97. The van der Waals surface area contributed by atoms with Crippen molar-refractivity contribution in [3.63, 3.8) is 0 Å². The third-order valence-corrected chi connectivity index (χ3v) is 4.22. The van der Waals surface area contributed by atoms with Crippen molar-refractivity contribution < 1.29 is 9.53 Å². The second-order valence-electron chi connectivity index (χ2n) is 5.53. The largest absolute Gasteiger partial charge is 0.381 e. The van der Waals surface area contributed by atoms with Crippen LogP contribution in [0.15, 0.2) is 18.2 Å². The summed E-state index contributed by atoms with van der Waals surface area (Å²) in [4.78, 5) is 14.6. The van der Waals surface area contributed by atoms with Gasteiger partial charge in [-0.05, 0) is 25.0 Å². The van der Waals surface area contributed by atoms with Gasteiger partial charge in [0.1, 0.15) is 0 Å². The van der Waals surface area contributed by atoms with Crippen molar-refractivity contribution in [1.29, 1.82) is 0 Å². The second-order valence-corrected chi connectivity index (χ2v) is 5.53. The number of likely N-dealkylation sites (tertiary alicyclic amines) is 1. The maximum absolute atomic E-state index is 12.6. The zero-order chi connectivity index (χ0) is 12.7. The summed E-state index contributed by atoms with van der Waals surface area (Å²) >= 11 is 0. The molecule has 1 aromatic carbocycles. The first-order valence-electron chi connectivity index (χ1n) is 6.60. The summed E-state index contributed by atoms with van der Waals surface area (Å²) in [5.41, 5.74) is 3.04. The van der Waals surface area contributed by atoms with Crippen molar-refractivity contribution in [3.05, 3.63) is 34.9 Å². The molecular formula is C15H19NO2. The lowest BCUT2D eigenvalue weighted by Crippen LogP contribution is -2.31. The molecule has 0 radical (unpaired) electrons. The molecule has 0 bridgehead atoms. The molecule has 2 atom stereocenters. The van der Waals surface area contributed by atoms with E-state index in [0.29, 0.717) is 11.8 Å². The van der Waals surface area contributed by atoms with Gasteiger partial charge < -0.3 is 9.64 Å². The van der Waals surface area contributed by atoms with Crippen molar-refractivity contribution in [3.8, 4) is 0 Å². The van der Waals surface area contributed by atoms with Gasteiger partial charge in [0.15, 0.2) is 0 Å². The maximum atomic E-state index is 12.6. The molecule has 1 aromatic rings. The zero-order valence-corrected chi connectivity index (χ0v) is 11.0. The first-order valence-corrected chi connectivity index (χ1v) is 6.60. The Labute approximate surface area is 108 Å². The van der Waals surface area contributed by atoms with Crippen LogP contribution in [0.4, 0.5) is 0 Å². The second kappa shape index (κ2) is 4.39. The average molecular weight is 245 g/mol. The number of amides is 1. The summed E-state index contributed by atoms with van der Waals surface area (Å²) in [5, 5.41) is 0. The fourth-order valence-corrected chi connectivity index (χ4v) is 3.16. The number of rotatable bonds is 1. The van der Waals surface area contributed by atoms with Crippen molar-refractivity contribution in [2.75, 3.05) is 26.3 Å². The molecule has 3 rings (SSSR count). The molecule has 3 nitrogen and oxygen atoms in total. The van der Waals surface area contributed by atoms with Gasteiger partial charge in [0.05, 0.1) is 13.2 Å². The molecule has 3 heteroatoms. The number of carbonyl (C=O) groups is 1. The van der Waals surface area contributed by atoms with E-state index in [2.05, 4.69) is 0 Å². The Balaban J connectivity index is 1.83. The number of hydrogen-bond donors (Lipinski definition) is 0. The van der Waals surface area contributed by atoms with Crippen LogP contribution < -0.4 is 0 Å². The molecule has 1 amide bonds. The van der Waals surface area contributed by atoms with E-state index in [1.54, 1.807) is 0 Å². The molecule has 2 aliphatic rings. The Morgan fingerprint density at radius 3 is 2.28 bits per heavy atom. The van der Waals surface area contributed by atoms with E-state index in [1.165, 1.54) is 0 Å². The Hall–Kier alpha value is -1.35. The fraction of sp³-hybridized carbons (Fsp3) is 0.533. The molecule has 0 unspecified atom stereocenters. The van der Waals surface area contributed by atoms with Gasteiger partial charge >= 0.3 is 0 Å². The van der Waals surface area contributed by atoms with Gasteiger partial charge in [0.2, 0.25) is 0 Å². The van der Waals surface area contributed by atoms with Crippen molar-refractivity contribution >= 4 is 5.91 Å². The van der Waals surface area contributed by atoms with Gasteiger partial charge in [-0.1, -0.05) is 18.2 Å². The van der Waals surface area contributed by atoms with Gasteiger partial charge in [0.25, 0.3) is 5.91 Å². The molecule has 96 valence electrons. The van der Waals surface area contributed by atoms with Crippen LogP contribution in [0.25, 0.3) is 0 Å². The summed E-state index contributed by atoms with van der Waals surface area (Å²) in [7, 11) is 0. The van der Waals surface area contributed by atoms with E-state index in [4.69, 9.17) is 4.74 Å². The smallest absolute Gasteiger partial charge is 0.254 e. The molecule has 2 heterocycles. The highest BCUT2D eigenvalue weighted by Crippen LogP contribution is 2.30. The molecule has 0 saturated carbocycles. The number of nitrogens with zero attached hydrogens (tertiary/aromatic N) is 1. The van der Waals surface area contributed by atoms with Gasteiger partial charge in [-0.3, -0.25) is 4.79 Å². The summed E-state index contributed by atoms with van der Waals surface area (Å²) in [6.45, 7) is 7.39. The summed E-state index contributed by atoms with van der Waals surface area (Å²) in [6.07, 6.45) is 0. The van der Waals surface area contributed by atoms with E-state index >= 15 is 0 Å². The molecule has 0 aliphatic carbocycles. The summed E-state index contributed by atoms with van der Waals surface area (Å²) in [5.74, 6) is 1.30. The van der Waals surface area contributed by atoms with E-state index in [9.17, 15) is 4.79 Å². The van der Waals surface area contributed by atoms with Crippen molar-refractivity contribution in [2.45, 2.75) is 13.8 Å². The first kappa shape index (κ1) is 11.7. The third-order valence-electron chi connectivity index (χ3n) is 4.22. The van der Waals surface area contributed by atoms with Gasteiger partial charge in [-0.25, -0.2) is 0 Å². The summed E-state index contributed by atoms with van der Waals surface area (Å²) < 4.78 is 5.45. The fourth-order valence-electron chi connectivity index (χ4n) is 3.16. The standard InChI is InChI=1S/C15H19NO2/c1-10-4-3-5-11(2)14(10)15(17)16-6-12-8-18-9-13(12)7-16/h3-5,12-13H,6-9H2,1-2H3/t12-,13+. The number of ether oxygens (including phenoxy) is 1. The molecule has 2 saturated heterocycles. The number of hydrogen-bond acceptors (Lipinski definition) is 2. The highest BCUT2D eigenvalue weighted by Gasteiger charge is 2.39. The van der Waals surface area contributed by atoms with E-state index in [-0.39, 0.29) is 5.91 Å². The highest BCUT2D eigenvalue weighted by atomic mass is 16.5. The Bertz CT molecular complexity index is 451. The quantitative estimate of drug-likeness (QED) is 0.757. The number of benzene rings is 1. The van der Waals surface area contributed by atoms with Crippen LogP contribution in [-0.2, 0) is 4.74 Å². The Kier molecular flexibility index (Phi) is 2.86. The minimum atomic E-state index is 0.194. The van der Waals surface area contributed by atoms with Crippen molar-refractivity contribution in [1.82, 2.24) is 4.90 Å². The van der Waals surface area contributed by atoms with E-state index in [1.807, 2.05) is 36.9 Å². The number of fused-ring (bicyclic) bond motifs is 1. The average Bonchev–Trinajstić information content (AvgIpc) is 2.88.